The zero-order valence-corrected chi connectivity index (χ0v) is 31.9. The number of aromatic nitrogens is 4. The minimum Gasteiger partial charge on any atom is -0.399 e. The smallest absolute Gasteiger partial charge is 0.399 e. The predicted molar refractivity (Wildman–Crippen MR) is 229 cm³/mol. The van der Waals surface area contributed by atoms with Crippen molar-refractivity contribution >= 4 is 45.7 Å². The van der Waals surface area contributed by atoms with E-state index < -0.39 is 18.3 Å². The number of para-hydroxylation sites is 2. The maximum absolute atomic E-state index is 13.4. The Kier molecular flexibility index (Phi) is 7.90. The molecule has 0 radical (unpaired) electrons. The lowest BCUT2D eigenvalue weighted by atomic mass is 9.75. The Morgan fingerprint density at radius 2 is 0.860 bits per heavy atom. The van der Waals surface area contributed by atoms with Crippen LogP contribution in [0.1, 0.15) is 27.7 Å². The predicted octanol–water partition coefficient (Wildman–Crippen LogP) is 8.98. The lowest BCUT2D eigenvalue weighted by molar-refractivity contribution is 0.00578. The van der Waals surface area contributed by atoms with Crippen molar-refractivity contribution in [3.63, 3.8) is 0 Å². The zero-order valence-electron chi connectivity index (χ0n) is 31.9. The first kappa shape index (κ1) is 34.8. The number of fused-ring (bicyclic) bond motifs is 4. The molecule has 0 aliphatic carbocycles. The minimum absolute atomic E-state index is 0.100. The molecular formula is C48H37BN4O4. The summed E-state index contributed by atoms with van der Waals surface area (Å²) in [5.74, 6) is 0. The molecule has 0 amide bonds. The van der Waals surface area contributed by atoms with Gasteiger partial charge in [-0.3, -0.25) is 18.4 Å². The Morgan fingerprint density at radius 1 is 0.474 bits per heavy atom. The summed E-state index contributed by atoms with van der Waals surface area (Å²) in [6, 6.07) is 45.9. The number of hydrogen-bond acceptors (Lipinski definition) is 6. The quantitative estimate of drug-likeness (QED) is 0.129. The Hall–Kier alpha value is -6.68. The molecule has 8 nitrogen and oxygen atoms in total. The van der Waals surface area contributed by atoms with E-state index in [-0.39, 0.29) is 11.1 Å². The summed E-state index contributed by atoms with van der Waals surface area (Å²) in [7, 11) is -0.608. The first-order valence-electron chi connectivity index (χ1n) is 19.1. The number of benzene rings is 5. The molecule has 1 aliphatic rings. The summed E-state index contributed by atoms with van der Waals surface area (Å²) < 4.78 is 16.5. The van der Waals surface area contributed by atoms with Crippen molar-refractivity contribution < 1.29 is 9.31 Å². The average molecular weight is 745 g/mol. The van der Waals surface area contributed by atoms with Gasteiger partial charge in [-0.15, -0.1) is 0 Å². The van der Waals surface area contributed by atoms with Crippen molar-refractivity contribution in [3.05, 3.63) is 173 Å². The Bertz CT molecular complexity index is 3010. The van der Waals surface area contributed by atoms with E-state index >= 15 is 0 Å². The fraction of sp³-hybridized carbons (Fsp3) is 0.125. The third-order valence-electron chi connectivity index (χ3n) is 11.6. The average Bonchev–Trinajstić information content (AvgIpc) is 3.46. The van der Waals surface area contributed by atoms with Crippen LogP contribution in [-0.2, 0) is 9.31 Å². The highest BCUT2D eigenvalue weighted by Gasteiger charge is 2.51. The van der Waals surface area contributed by atoms with E-state index in [1.807, 2.05) is 97.1 Å². The molecule has 0 atom stereocenters. The van der Waals surface area contributed by atoms with Gasteiger partial charge in [-0.25, -0.2) is 9.97 Å². The lowest BCUT2D eigenvalue weighted by Crippen LogP contribution is -2.41. The molecule has 4 aromatic heterocycles. The maximum Gasteiger partial charge on any atom is 0.494 e. The van der Waals surface area contributed by atoms with Gasteiger partial charge in [0.05, 0.1) is 33.0 Å². The largest absolute Gasteiger partial charge is 0.494 e. The van der Waals surface area contributed by atoms with Crippen molar-refractivity contribution in [3.8, 4) is 44.5 Å². The monoisotopic (exact) mass is 744 g/mol. The van der Waals surface area contributed by atoms with E-state index in [0.717, 1.165) is 50.0 Å². The molecule has 9 heteroatoms. The Balaban J connectivity index is 1.15. The highest BCUT2D eigenvalue weighted by molar-refractivity contribution is 6.62. The first-order valence-corrected chi connectivity index (χ1v) is 19.1. The molecule has 0 N–H and O–H groups in total. The van der Waals surface area contributed by atoms with Crippen LogP contribution in [-0.4, -0.2) is 37.1 Å². The molecule has 9 aromatic rings. The summed E-state index contributed by atoms with van der Waals surface area (Å²) in [6.45, 7) is 8.25. The van der Waals surface area contributed by atoms with Crippen LogP contribution in [0.2, 0.25) is 0 Å². The van der Waals surface area contributed by atoms with Crippen LogP contribution in [0.3, 0.4) is 0 Å². The molecule has 1 saturated heterocycles. The molecule has 10 rings (SSSR count). The third kappa shape index (κ3) is 5.77. The van der Waals surface area contributed by atoms with Gasteiger partial charge < -0.3 is 9.31 Å². The Labute approximate surface area is 328 Å². The first-order chi connectivity index (χ1) is 27.5. The SMILES string of the molecule is CC1(C)OB(c2cc(-c3ccccc3-c3ccn4c(=O)c5ccccc5nc4c3)cc(-c3ccccc3-c3ccn4c(=O)c5ccccc5nc4c3)c2)OC1(C)C. The summed E-state index contributed by atoms with van der Waals surface area (Å²) >= 11 is 0. The highest BCUT2D eigenvalue weighted by Crippen LogP contribution is 2.40. The summed E-state index contributed by atoms with van der Waals surface area (Å²) in [4.78, 5) is 36.5. The molecule has 1 aliphatic heterocycles. The molecule has 0 saturated carbocycles. The molecule has 5 heterocycles. The normalized spacial score (nSPS) is 14.9. The van der Waals surface area contributed by atoms with E-state index in [1.54, 1.807) is 21.2 Å². The fourth-order valence-corrected chi connectivity index (χ4v) is 7.89. The van der Waals surface area contributed by atoms with Crippen molar-refractivity contribution in [1.29, 1.82) is 0 Å². The van der Waals surface area contributed by atoms with Gasteiger partial charge >= 0.3 is 7.12 Å². The van der Waals surface area contributed by atoms with Crippen molar-refractivity contribution in [2.75, 3.05) is 0 Å². The topological polar surface area (TPSA) is 87.2 Å². The summed E-state index contributed by atoms with van der Waals surface area (Å²) in [5, 5.41) is 1.16. The van der Waals surface area contributed by atoms with Crippen LogP contribution in [0.5, 0.6) is 0 Å². The maximum atomic E-state index is 13.4. The molecule has 1 fully saturated rings. The van der Waals surface area contributed by atoms with Gasteiger partial charge in [-0.1, -0.05) is 84.9 Å². The van der Waals surface area contributed by atoms with Gasteiger partial charge in [0, 0.05) is 12.4 Å². The number of rotatable bonds is 5. The third-order valence-corrected chi connectivity index (χ3v) is 11.6. The Morgan fingerprint density at radius 3 is 1.30 bits per heavy atom. The second kappa shape index (κ2) is 12.9. The molecule has 276 valence electrons. The highest BCUT2D eigenvalue weighted by atomic mass is 16.7. The van der Waals surface area contributed by atoms with E-state index in [2.05, 4.69) is 70.2 Å². The van der Waals surface area contributed by atoms with Crippen molar-refractivity contribution in [2.24, 2.45) is 0 Å². The van der Waals surface area contributed by atoms with Gasteiger partial charge in [0.15, 0.2) is 0 Å². The molecule has 0 spiro atoms. The van der Waals surface area contributed by atoms with Crippen LogP contribution in [0.4, 0.5) is 0 Å². The minimum atomic E-state index is -0.608. The number of hydrogen-bond donors (Lipinski definition) is 0. The van der Waals surface area contributed by atoms with E-state index in [0.29, 0.717) is 33.1 Å². The molecular weight excluding hydrogens is 707 g/mol. The van der Waals surface area contributed by atoms with Gasteiger partial charge in [0.2, 0.25) is 0 Å². The second-order valence-corrected chi connectivity index (χ2v) is 15.7. The van der Waals surface area contributed by atoms with Gasteiger partial charge in [0.25, 0.3) is 11.1 Å². The van der Waals surface area contributed by atoms with Crippen LogP contribution in [0, 0.1) is 0 Å². The fourth-order valence-electron chi connectivity index (χ4n) is 7.89. The standard InChI is InChI=1S/C48H37BN4O4/c1-47(2)48(3,4)57-49(56-47)34-26-32(37-15-7-5-13-35(37)30-21-23-52-43(28-30)50-41-19-11-9-17-39(41)45(52)54)25-33(27-34)38-16-8-6-14-36(38)31-22-24-53-44(29-31)51-42-20-12-10-18-40(42)46(53)55/h5-29H,1-4H3. The van der Waals surface area contributed by atoms with Crippen LogP contribution < -0.4 is 16.6 Å². The van der Waals surface area contributed by atoms with E-state index in [4.69, 9.17) is 19.3 Å². The van der Waals surface area contributed by atoms with Crippen molar-refractivity contribution in [2.45, 2.75) is 38.9 Å². The van der Waals surface area contributed by atoms with Crippen LogP contribution in [0.15, 0.2) is 162 Å². The lowest BCUT2D eigenvalue weighted by Gasteiger charge is -2.32. The number of nitrogens with zero attached hydrogens (tertiary/aromatic N) is 4. The van der Waals surface area contributed by atoms with Gasteiger partial charge in [-0.2, -0.15) is 0 Å². The summed E-state index contributed by atoms with van der Waals surface area (Å²) in [6.07, 6.45) is 3.61. The van der Waals surface area contributed by atoms with Crippen LogP contribution in [0.25, 0.3) is 77.6 Å². The van der Waals surface area contributed by atoms with Crippen LogP contribution >= 0.6 is 0 Å². The molecule has 57 heavy (non-hydrogen) atoms. The molecule has 0 unspecified atom stereocenters. The zero-order chi connectivity index (χ0) is 39.1. The van der Waals surface area contributed by atoms with E-state index in [9.17, 15) is 9.59 Å². The van der Waals surface area contributed by atoms with Gasteiger partial charge in [0.1, 0.15) is 11.3 Å². The van der Waals surface area contributed by atoms with Crippen molar-refractivity contribution in [1.82, 2.24) is 18.8 Å². The summed E-state index contributed by atoms with van der Waals surface area (Å²) in [5.41, 5.74) is 9.90. The number of pyridine rings is 2. The molecule has 5 aromatic carbocycles. The second-order valence-electron chi connectivity index (χ2n) is 15.7. The van der Waals surface area contributed by atoms with Gasteiger partial charge in [-0.05, 0) is 132 Å². The molecule has 0 bridgehead atoms. The van der Waals surface area contributed by atoms with E-state index in [1.165, 1.54) is 0 Å².